The maximum Gasteiger partial charge on any atom is 0.415 e. The third kappa shape index (κ3) is 5.62. The first-order valence-electron chi connectivity index (χ1n) is 11.8. The molecule has 2 fully saturated rings. The SMILES string of the molecule is CC(C)[C@H]1COC(=O)N1c1ccnc(N[C@@H](C)c2ccc(CN3CCC(C)(O)CC3)cc2)n1. The van der Waals surface area contributed by atoms with E-state index in [9.17, 15) is 9.90 Å². The molecular weight excluding hydrogens is 418 g/mol. The van der Waals surface area contributed by atoms with Gasteiger partial charge in [-0.1, -0.05) is 38.1 Å². The van der Waals surface area contributed by atoms with Crippen LogP contribution >= 0.6 is 0 Å². The van der Waals surface area contributed by atoms with Gasteiger partial charge in [-0.2, -0.15) is 4.98 Å². The summed E-state index contributed by atoms with van der Waals surface area (Å²) in [4.78, 5) is 25.2. The van der Waals surface area contributed by atoms with E-state index < -0.39 is 5.60 Å². The van der Waals surface area contributed by atoms with Gasteiger partial charge in [0.05, 0.1) is 17.7 Å². The Kier molecular flexibility index (Phi) is 6.86. The summed E-state index contributed by atoms with van der Waals surface area (Å²) in [5.41, 5.74) is 1.87. The molecule has 1 amide bonds. The number of hydrogen-bond donors (Lipinski definition) is 2. The summed E-state index contributed by atoms with van der Waals surface area (Å²) in [7, 11) is 0. The molecule has 2 N–H and O–H groups in total. The van der Waals surface area contributed by atoms with Crippen LogP contribution in [0.4, 0.5) is 16.6 Å². The minimum absolute atomic E-state index is 0.00538. The lowest BCUT2D eigenvalue weighted by atomic mass is 9.93. The zero-order valence-corrected chi connectivity index (χ0v) is 20.0. The summed E-state index contributed by atoms with van der Waals surface area (Å²) in [6.07, 6.45) is 2.94. The summed E-state index contributed by atoms with van der Waals surface area (Å²) < 4.78 is 5.25. The number of nitrogens with one attached hydrogen (secondary N) is 1. The molecule has 2 atom stereocenters. The molecule has 0 unspecified atom stereocenters. The van der Waals surface area contributed by atoms with Crippen LogP contribution in [0.15, 0.2) is 36.5 Å². The molecule has 2 aliphatic rings. The van der Waals surface area contributed by atoms with Gasteiger partial charge < -0.3 is 15.2 Å². The quantitative estimate of drug-likeness (QED) is 0.655. The van der Waals surface area contributed by atoms with Crippen molar-refractivity contribution in [3.8, 4) is 0 Å². The van der Waals surface area contributed by atoms with Crippen molar-refractivity contribution in [2.24, 2.45) is 5.92 Å². The highest BCUT2D eigenvalue weighted by atomic mass is 16.6. The van der Waals surface area contributed by atoms with Crippen molar-refractivity contribution < 1.29 is 14.6 Å². The molecule has 178 valence electrons. The Morgan fingerprint density at radius 2 is 1.88 bits per heavy atom. The molecule has 0 radical (unpaired) electrons. The van der Waals surface area contributed by atoms with Crippen molar-refractivity contribution >= 4 is 17.9 Å². The highest BCUT2D eigenvalue weighted by Crippen LogP contribution is 2.27. The summed E-state index contributed by atoms with van der Waals surface area (Å²) in [6, 6.07) is 10.3. The lowest BCUT2D eigenvalue weighted by molar-refractivity contribution is -0.00730. The Bertz CT molecular complexity index is 953. The molecule has 0 aliphatic carbocycles. The number of piperidine rings is 1. The zero-order chi connectivity index (χ0) is 23.6. The maximum absolute atomic E-state index is 12.3. The lowest BCUT2D eigenvalue weighted by Gasteiger charge is -2.35. The van der Waals surface area contributed by atoms with E-state index in [1.165, 1.54) is 5.56 Å². The smallest absolute Gasteiger partial charge is 0.415 e. The number of aromatic nitrogens is 2. The maximum atomic E-state index is 12.3. The third-order valence-electron chi connectivity index (χ3n) is 6.73. The van der Waals surface area contributed by atoms with Gasteiger partial charge in [0.1, 0.15) is 12.4 Å². The summed E-state index contributed by atoms with van der Waals surface area (Å²) in [5.74, 6) is 1.29. The molecule has 1 aromatic carbocycles. The van der Waals surface area contributed by atoms with Crippen molar-refractivity contribution in [1.29, 1.82) is 0 Å². The van der Waals surface area contributed by atoms with Crippen molar-refractivity contribution in [3.05, 3.63) is 47.7 Å². The van der Waals surface area contributed by atoms with Crippen LogP contribution < -0.4 is 10.2 Å². The van der Waals surface area contributed by atoms with Gasteiger partial charge in [0.15, 0.2) is 0 Å². The molecule has 2 aliphatic heterocycles. The zero-order valence-electron chi connectivity index (χ0n) is 20.0. The van der Waals surface area contributed by atoms with E-state index >= 15 is 0 Å². The molecule has 0 saturated carbocycles. The van der Waals surface area contributed by atoms with Gasteiger partial charge in [0.25, 0.3) is 0 Å². The number of cyclic esters (lactones) is 1. The number of amides is 1. The number of benzene rings is 1. The number of hydrogen-bond acceptors (Lipinski definition) is 7. The number of ether oxygens (including phenoxy) is 1. The monoisotopic (exact) mass is 453 g/mol. The minimum atomic E-state index is -0.522. The van der Waals surface area contributed by atoms with Gasteiger partial charge in [0.2, 0.25) is 5.95 Å². The van der Waals surface area contributed by atoms with E-state index in [0.29, 0.717) is 18.4 Å². The van der Waals surface area contributed by atoms with Gasteiger partial charge in [-0.05, 0) is 49.8 Å². The Hall–Kier alpha value is -2.71. The summed E-state index contributed by atoms with van der Waals surface area (Å²) >= 11 is 0. The van der Waals surface area contributed by atoms with Crippen LogP contribution in [0, 0.1) is 5.92 Å². The normalized spacial score (nSPS) is 21.8. The highest BCUT2D eigenvalue weighted by Gasteiger charge is 2.37. The molecule has 33 heavy (non-hydrogen) atoms. The van der Waals surface area contributed by atoms with Crippen LogP contribution in [-0.2, 0) is 11.3 Å². The second-order valence-electron chi connectivity index (χ2n) is 9.88. The minimum Gasteiger partial charge on any atom is -0.447 e. The lowest BCUT2D eigenvalue weighted by Crippen LogP contribution is -2.41. The fourth-order valence-corrected chi connectivity index (χ4v) is 4.38. The number of nitrogens with zero attached hydrogens (tertiary/aromatic N) is 4. The van der Waals surface area contributed by atoms with Crippen molar-refractivity contribution in [2.45, 2.75) is 64.8 Å². The van der Waals surface area contributed by atoms with Crippen molar-refractivity contribution in [1.82, 2.24) is 14.9 Å². The summed E-state index contributed by atoms with van der Waals surface area (Å²) in [5, 5.41) is 13.5. The van der Waals surface area contributed by atoms with Crippen LogP contribution in [0.3, 0.4) is 0 Å². The van der Waals surface area contributed by atoms with E-state index in [1.54, 1.807) is 17.2 Å². The predicted molar refractivity (Wildman–Crippen MR) is 128 cm³/mol. The first kappa shape index (κ1) is 23.4. The Morgan fingerprint density at radius 3 is 2.55 bits per heavy atom. The molecular formula is C25H35N5O3. The molecule has 2 aromatic rings. The molecule has 0 bridgehead atoms. The summed E-state index contributed by atoms with van der Waals surface area (Å²) in [6.45, 7) is 11.2. The number of anilines is 2. The molecule has 2 saturated heterocycles. The second-order valence-corrected chi connectivity index (χ2v) is 9.88. The second kappa shape index (κ2) is 9.65. The molecule has 3 heterocycles. The number of carbonyl (C=O) groups is 1. The Labute approximate surface area is 196 Å². The first-order valence-corrected chi connectivity index (χ1v) is 11.8. The molecule has 8 heteroatoms. The van der Waals surface area contributed by atoms with E-state index in [-0.39, 0.29) is 24.1 Å². The van der Waals surface area contributed by atoms with Crippen LogP contribution in [0.1, 0.15) is 57.7 Å². The standard InChI is InChI=1S/C25H35N5O3/c1-17(2)21-16-33-24(31)30(21)22-9-12-26-23(28-22)27-18(3)20-7-5-19(6-8-20)15-29-13-10-25(4,32)11-14-29/h5-9,12,17-18,21,32H,10-11,13-16H2,1-4H3,(H,26,27,28)/t18-,21+/m0/s1. The Balaban J connectivity index is 1.38. The number of aliphatic hydroxyl groups is 1. The Morgan fingerprint density at radius 1 is 1.18 bits per heavy atom. The van der Waals surface area contributed by atoms with Crippen LogP contribution in [0.25, 0.3) is 0 Å². The average Bonchev–Trinajstić information content (AvgIpc) is 3.17. The molecule has 0 spiro atoms. The van der Waals surface area contributed by atoms with E-state index in [4.69, 9.17) is 4.74 Å². The first-order chi connectivity index (χ1) is 15.7. The molecule has 8 nitrogen and oxygen atoms in total. The van der Waals surface area contributed by atoms with E-state index in [0.717, 1.165) is 38.0 Å². The number of likely N-dealkylation sites (tertiary alicyclic amines) is 1. The van der Waals surface area contributed by atoms with Crippen LogP contribution in [0.5, 0.6) is 0 Å². The van der Waals surface area contributed by atoms with Gasteiger partial charge in [-0.15, -0.1) is 0 Å². The third-order valence-corrected chi connectivity index (χ3v) is 6.73. The van der Waals surface area contributed by atoms with E-state index in [1.807, 2.05) is 6.92 Å². The molecule has 4 rings (SSSR count). The van der Waals surface area contributed by atoms with Gasteiger partial charge in [-0.25, -0.2) is 9.78 Å². The van der Waals surface area contributed by atoms with E-state index in [2.05, 4.69) is 65.2 Å². The highest BCUT2D eigenvalue weighted by molar-refractivity contribution is 5.89. The number of carbonyl (C=O) groups excluding carboxylic acids is 1. The van der Waals surface area contributed by atoms with Gasteiger partial charge in [-0.3, -0.25) is 9.80 Å². The fourth-order valence-electron chi connectivity index (χ4n) is 4.38. The topological polar surface area (TPSA) is 90.8 Å². The van der Waals surface area contributed by atoms with Gasteiger partial charge >= 0.3 is 6.09 Å². The van der Waals surface area contributed by atoms with Crippen molar-refractivity contribution in [3.63, 3.8) is 0 Å². The number of rotatable bonds is 7. The molecule has 1 aromatic heterocycles. The van der Waals surface area contributed by atoms with Crippen LogP contribution in [0.2, 0.25) is 0 Å². The largest absolute Gasteiger partial charge is 0.447 e. The van der Waals surface area contributed by atoms with Gasteiger partial charge in [0, 0.05) is 25.8 Å². The predicted octanol–water partition coefficient (Wildman–Crippen LogP) is 3.98. The average molecular weight is 454 g/mol. The fraction of sp³-hybridized carbons (Fsp3) is 0.560. The van der Waals surface area contributed by atoms with Crippen molar-refractivity contribution in [2.75, 3.05) is 29.9 Å². The van der Waals surface area contributed by atoms with Crippen LogP contribution in [-0.4, -0.2) is 57.4 Å².